The maximum absolute atomic E-state index is 5.20. The van der Waals surface area contributed by atoms with Crippen molar-refractivity contribution in [1.29, 1.82) is 0 Å². The van der Waals surface area contributed by atoms with Crippen molar-refractivity contribution in [3.05, 3.63) is 10.2 Å². The van der Waals surface area contributed by atoms with Crippen LogP contribution in [0.25, 0.3) is 0 Å². The number of ether oxygens (including phenoxy) is 1. The lowest BCUT2D eigenvalue weighted by Crippen LogP contribution is -2.03. The molecule has 0 aliphatic carbocycles. The molecular formula is C7H12IN3O. The van der Waals surface area contributed by atoms with Crippen LogP contribution in [-0.2, 0) is 11.3 Å². The zero-order valence-corrected chi connectivity index (χ0v) is 9.19. The average Bonchev–Trinajstić information content (AvgIpc) is 2.45. The standard InChI is InChI=1S/C7H12IN3O/c1-2-12-5-3-4-11-6-9-7(8)10-11/h6H,2-5H2,1H3. The van der Waals surface area contributed by atoms with E-state index in [1.807, 2.05) is 11.6 Å². The monoisotopic (exact) mass is 281 g/mol. The molecule has 0 aliphatic heterocycles. The zero-order valence-electron chi connectivity index (χ0n) is 7.03. The molecule has 1 aromatic heterocycles. The van der Waals surface area contributed by atoms with E-state index >= 15 is 0 Å². The molecule has 0 radical (unpaired) electrons. The Balaban J connectivity index is 2.15. The minimum Gasteiger partial charge on any atom is -0.382 e. The van der Waals surface area contributed by atoms with Gasteiger partial charge in [0.05, 0.1) is 0 Å². The summed E-state index contributed by atoms with van der Waals surface area (Å²) in [5.41, 5.74) is 0. The summed E-state index contributed by atoms with van der Waals surface area (Å²) in [4.78, 5) is 4.01. The van der Waals surface area contributed by atoms with E-state index < -0.39 is 0 Å². The van der Waals surface area contributed by atoms with Gasteiger partial charge in [-0.2, -0.15) is 0 Å². The van der Waals surface area contributed by atoms with Crippen molar-refractivity contribution in [2.75, 3.05) is 13.2 Å². The molecule has 5 heteroatoms. The molecule has 0 fully saturated rings. The lowest BCUT2D eigenvalue weighted by Gasteiger charge is -2.00. The molecule has 0 saturated heterocycles. The van der Waals surface area contributed by atoms with Gasteiger partial charge in [0.15, 0.2) is 0 Å². The van der Waals surface area contributed by atoms with Crippen LogP contribution in [0.1, 0.15) is 13.3 Å². The minimum absolute atomic E-state index is 0.787. The predicted molar refractivity (Wildman–Crippen MR) is 53.8 cm³/mol. The highest BCUT2D eigenvalue weighted by Crippen LogP contribution is 1.95. The molecule has 0 saturated carbocycles. The first-order valence-electron chi connectivity index (χ1n) is 3.95. The number of nitrogens with zero attached hydrogens (tertiary/aromatic N) is 3. The second-order valence-electron chi connectivity index (χ2n) is 2.33. The number of aromatic nitrogens is 3. The smallest absolute Gasteiger partial charge is 0.211 e. The molecule has 0 bridgehead atoms. The van der Waals surface area contributed by atoms with Gasteiger partial charge in [0.25, 0.3) is 0 Å². The Bertz CT molecular complexity index is 226. The maximum Gasteiger partial charge on any atom is 0.211 e. The SMILES string of the molecule is CCOCCCn1cnc(I)n1. The summed E-state index contributed by atoms with van der Waals surface area (Å²) < 4.78 is 7.83. The van der Waals surface area contributed by atoms with Gasteiger partial charge >= 0.3 is 0 Å². The highest BCUT2D eigenvalue weighted by atomic mass is 127. The van der Waals surface area contributed by atoms with Crippen molar-refractivity contribution in [3.8, 4) is 0 Å². The van der Waals surface area contributed by atoms with Crippen molar-refractivity contribution in [3.63, 3.8) is 0 Å². The molecular weight excluding hydrogens is 269 g/mol. The summed E-state index contributed by atoms with van der Waals surface area (Å²) in [7, 11) is 0. The molecule has 0 aromatic carbocycles. The van der Waals surface area contributed by atoms with Gasteiger partial charge in [-0.25, -0.2) is 4.98 Å². The van der Waals surface area contributed by atoms with Crippen molar-refractivity contribution in [1.82, 2.24) is 14.8 Å². The Morgan fingerprint density at radius 2 is 2.50 bits per heavy atom. The van der Waals surface area contributed by atoms with Gasteiger partial charge in [-0.1, -0.05) is 0 Å². The molecule has 0 amide bonds. The van der Waals surface area contributed by atoms with Gasteiger partial charge < -0.3 is 4.74 Å². The van der Waals surface area contributed by atoms with Crippen LogP contribution in [0.4, 0.5) is 0 Å². The first-order valence-corrected chi connectivity index (χ1v) is 5.03. The van der Waals surface area contributed by atoms with E-state index in [-0.39, 0.29) is 0 Å². The van der Waals surface area contributed by atoms with Crippen LogP contribution in [0.2, 0.25) is 0 Å². The number of rotatable bonds is 5. The molecule has 68 valence electrons. The van der Waals surface area contributed by atoms with Gasteiger partial charge in [-0.05, 0) is 13.3 Å². The topological polar surface area (TPSA) is 39.9 Å². The quantitative estimate of drug-likeness (QED) is 0.603. The summed E-state index contributed by atoms with van der Waals surface area (Å²) in [5, 5.41) is 4.14. The molecule has 1 heterocycles. The highest BCUT2D eigenvalue weighted by Gasteiger charge is 1.95. The molecule has 0 aliphatic rings. The molecule has 1 aromatic rings. The minimum atomic E-state index is 0.787. The Morgan fingerprint density at radius 3 is 3.08 bits per heavy atom. The van der Waals surface area contributed by atoms with E-state index in [1.165, 1.54) is 0 Å². The largest absolute Gasteiger partial charge is 0.382 e. The van der Waals surface area contributed by atoms with Crippen LogP contribution in [0, 0.1) is 3.83 Å². The summed E-state index contributed by atoms with van der Waals surface area (Å²) in [6.07, 6.45) is 2.74. The summed E-state index contributed by atoms with van der Waals surface area (Å²) >= 11 is 2.09. The Morgan fingerprint density at radius 1 is 1.67 bits per heavy atom. The second-order valence-corrected chi connectivity index (χ2v) is 3.29. The molecule has 0 atom stereocenters. The molecule has 12 heavy (non-hydrogen) atoms. The van der Waals surface area contributed by atoms with Crippen LogP contribution in [0.3, 0.4) is 0 Å². The lowest BCUT2D eigenvalue weighted by molar-refractivity contribution is 0.140. The van der Waals surface area contributed by atoms with Gasteiger partial charge in [0.1, 0.15) is 6.33 Å². The summed E-state index contributed by atoms with van der Waals surface area (Å²) in [5.74, 6) is 0. The van der Waals surface area contributed by atoms with E-state index in [9.17, 15) is 0 Å². The summed E-state index contributed by atoms with van der Waals surface area (Å²) in [6.45, 7) is 4.47. The van der Waals surface area contributed by atoms with Crippen LogP contribution in [0.15, 0.2) is 6.33 Å². The lowest BCUT2D eigenvalue weighted by atomic mass is 10.4. The molecule has 0 unspecified atom stereocenters. The fraction of sp³-hybridized carbons (Fsp3) is 0.714. The second kappa shape index (κ2) is 5.47. The number of hydrogen-bond donors (Lipinski definition) is 0. The Labute approximate surface area is 85.5 Å². The third-order valence-corrected chi connectivity index (χ3v) is 1.88. The summed E-state index contributed by atoms with van der Waals surface area (Å²) in [6, 6.07) is 0. The molecule has 1 rings (SSSR count). The van der Waals surface area contributed by atoms with Crippen LogP contribution in [0.5, 0.6) is 0 Å². The third kappa shape index (κ3) is 3.48. The van der Waals surface area contributed by atoms with Gasteiger partial charge in [-0.15, -0.1) is 5.10 Å². The number of hydrogen-bond acceptors (Lipinski definition) is 3. The van der Waals surface area contributed by atoms with Gasteiger partial charge in [0, 0.05) is 42.3 Å². The maximum atomic E-state index is 5.20. The normalized spacial score (nSPS) is 10.5. The number of halogens is 1. The molecule has 0 N–H and O–H groups in total. The van der Waals surface area contributed by atoms with Gasteiger partial charge in [-0.3, -0.25) is 4.68 Å². The Kier molecular flexibility index (Phi) is 4.52. The zero-order chi connectivity index (χ0) is 8.81. The molecule has 4 nitrogen and oxygen atoms in total. The first kappa shape index (κ1) is 9.91. The molecule has 0 spiro atoms. The van der Waals surface area contributed by atoms with Gasteiger partial charge in [0.2, 0.25) is 3.83 Å². The van der Waals surface area contributed by atoms with Crippen LogP contribution in [-0.4, -0.2) is 28.0 Å². The fourth-order valence-corrected chi connectivity index (χ4v) is 1.25. The van der Waals surface area contributed by atoms with Crippen molar-refractivity contribution in [2.45, 2.75) is 19.9 Å². The van der Waals surface area contributed by atoms with Crippen LogP contribution >= 0.6 is 22.6 Å². The van der Waals surface area contributed by atoms with Crippen LogP contribution < -0.4 is 0 Å². The van der Waals surface area contributed by atoms with Crippen molar-refractivity contribution in [2.24, 2.45) is 0 Å². The van der Waals surface area contributed by atoms with E-state index in [4.69, 9.17) is 4.74 Å². The van der Waals surface area contributed by atoms with E-state index in [0.29, 0.717) is 0 Å². The third-order valence-electron chi connectivity index (χ3n) is 1.39. The fourth-order valence-electron chi connectivity index (χ4n) is 0.853. The predicted octanol–water partition coefficient (Wildman–Crippen LogP) is 1.31. The highest BCUT2D eigenvalue weighted by molar-refractivity contribution is 14.1. The average molecular weight is 281 g/mol. The number of aryl methyl sites for hydroxylation is 1. The van der Waals surface area contributed by atoms with E-state index in [1.54, 1.807) is 6.33 Å². The van der Waals surface area contributed by atoms with Crippen molar-refractivity contribution < 1.29 is 4.74 Å². The van der Waals surface area contributed by atoms with E-state index in [2.05, 4.69) is 32.7 Å². The first-order chi connectivity index (χ1) is 5.83. The van der Waals surface area contributed by atoms with E-state index in [0.717, 1.165) is 30.0 Å². The van der Waals surface area contributed by atoms with Crippen molar-refractivity contribution >= 4 is 22.6 Å². The Hall–Kier alpha value is -0.170.